The summed E-state index contributed by atoms with van der Waals surface area (Å²) in [6.07, 6.45) is 0.625. The second kappa shape index (κ2) is 8.22. The van der Waals surface area contributed by atoms with Gasteiger partial charge in [0.15, 0.2) is 9.84 Å². The van der Waals surface area contributed by atoms with E-state index in [0.717, 1.165) is 10.4 Å². The second-order valence-electron chi connectivity index (χ2n) is 6.46. The molecule has 1 aliphatic heterocycles. The molecule has 1 N–H and O–H groups in total. The van der Waals surface area contributed by atoms with E-state index >= 15 is 0 Å². The van der Waals surface area contributed by atoms with Gasteiger partial charge in [0.1, 0.15) is 5.00 Å². The van der Waals surface area contributed by atoms with E-state index in [0.29, 0.717) is 17.0 Å². The van der Waals surface area contributed by atoms with Crippen LogP contribution >= 0.6 is 11.3 Å². The van der Waals surface area contributed by atoms with Gasteiger partial charge in [-0.3, -0.25) is 4.79 Å². The highest BCUT2D eigenvalue weighted by atomic mass is 32.2. The van der Waals surface area contributed by atoms with Crippen LogP contribution in [-0.4, -0.2) is 38.4 Å². The summed E-state index contributed by atoms with van der Waals surface area (Å²) in [6.45, 7) is 1.96. The lowest BCUT2D eigenvalue weighted by molar-refractivity contribution is -0.116. The minimum Gasteiger partial charge on any atom is -0.462 e. The molecule has 1 aromatic heterocycles. The van der Waals surface area contributed by atoms with Crippen molar-refractivity contribution in [1.29, 1.82) is 0 Å². The van der Waals surface area contributed by atoms with Crippen LogP contribution in [0, 0.1) is 5.92 Å². The highest BCUT2D eigenvalue weighted by Gasteiger charge is 2.30. The van der Waals surface area contributed by atoms with Gasteiger partial charge in [0.05, 0.1) is 23.7 Å². The maximum Gasteiger partial charge on any atom is 0.341 e. The fourth-order valence-electron chi connectivity index (χ4n) is 3.06. The third-order valence-corrected chi connectivity index (χ3v) is 7.28. The van der Waals surface area contributed by atoms with Crippen molar-refractivity contribution in [3.8, 4) is 10.4 Å². The lowest BCUT2D eigenvalue weighted by atomic mass is 10.1. The van der Waals surface area contributed by atoms with Crippen molar-refractivity contribution < 1.29 is 22.7 Å². The lowest BCUT2D eigenvalue weighted by Crippen LogP contribution is -2.18. The van der Waals surface area contributed by atoms with E-state index in [4.69, 9.17) is 4.74 Å². The van der Waals surface area contributed by atoms with Crippen molar-refractivity contribution in [1.82, 2.24) is 0 Å². The number of esters is 1. The number of hydrogen-bond donors (Lipinski definition) is 1. The van der Waals surface area contributed by atoms with Gasteiger partial charge >= 0.3 is 5.97 Å². The number of amides is 1. The molecule has 0 bridgehead atoms. The Morgan fingerprint density at radius 1 is 1.26 bits per heavy atom. The number of benzene rings is 1. The summed E-state index contributed by atoms with van der Waals surface area (Å²) in [5.74, 6) is -0.769. The molecule has 1 aromatic carbocycles. The normalized spacial score (nSPS) is 18.2. The van der Waals surface area contributed by atoms with Crippen LogP contribution in [0.5, 0.6) is 0 Å². The summed E-state index contributed by atoms with van der Waals surface area (Å²) >= 11 is 1.30. The van der Waals surface area contributed by atoms with Crippen LogP contribution in [-0.2, 0) is 19.4 Å². The zero-order chi connectivity index (χ0) is 19.4. The van der Waals surface area contributed by atoms with Crippen molar-refractivity contribution in [2.45, 2.75) is 19.8 Å². The zero-order valence-electron chi connectivity index (χ0n) is 14.9. The first kappa shape index (κ1) is 19.6. The van der Waals surface area contributed by atoms with Crippen LogP contribution in [0.25, 0.3) is 10.4 Å². The molecule has 2 aromatic rings. The van der Waals surface area contributed by atoms with E-state index in [9.17, 15) is 18.0 Å². The molecule has 8 heteroatoms. The van der Waals surface area contributed by atoms with E-state index in [1.807, 2.05) is 30.3 Å². The minimum absolute atomic E-state index is 0.0465. The molecule has 0 spiro atoms. The number of rotatable bonds is 6. The summed E-state index contributed by atoms with van der Waals surface area (Å²) in [4.78, 5) is 25.5. The van der Waals surface area contributed by atoms with Gasteiger partial charge in [0.25, 0.3) is 0 Å². The standard InChI is InChI=1S/C19H21NO5S2/c1-2-25-19(22)15-11-16(14-6-4-3-5-7-14)26-18(15)20-17(21)10-13-8-9-27(23,24)12-13/h3-7,11,13H,2,8-10,12H2,1H3,(H,20,21)/t13-/m0/s1. The van der Waals surface area contributed by atoms with Crippen LogP contribution in [0.1, 0.15) is 30.1 Å². The molecule has 0 saturated carbocycles. The average Bonchev–Trinajstić information content (AvgIpc) is 3.19. The first-order chi connectivity index (χ1) is 12.9. The molecule has 0 radical (unpaired) electrons. The number of ether oxygens (including phenoxy) is 1. The first-order valence-corrected chi connectivity index (χ1v) is 11.4. The maximum absolute atomic E-state index is 12.4. The number of hydrogen-bond acceptors (Lipinski definition) is 6. The Balaban J connectivity index is 1.79. The monoisotopic (exact) mass is 407 g/mol. The molecule has 1 atom stereocenters. The van der Waals surface area contributed by atoms with E-state index < -0.39 is 15.8 Å². The van der Waals surface area contributed by atoms with Crippen molar-refractivity contribution in [2.75, 3.05) is 23.4 Å². The van der Waals surface area contributed by atoms with E-state index in [1.54, 1.807) is 13.0 Å². The Kier molecular flexibility index (Phi) is 5.96. The molecule has 2 heterocycles. The fraction of sp³-hybridized carbons (Fsp3) is 0.368. The quantitative estimate of drug-likeness (QED) is 0.742. The zero-order valence-corrected chi connectivity index (χ0v) is 16.6. The third-order valence-electron chi connectivity index (χ3n) is 4.34. The molecule has 1 amide bonds. The molecule has 144 valence electrons. The predicted octanol–water partition coefficient (Wildman–Crippen LogP) is 3.36. The SMILES string of the molecule is CCOC(=O)c1cc(-c2ccccc2)sc1NC(=O)C[C@@H]1CCS(=O)(=O)C1. The van der Waals surface area contributed by atoms with Gasteiger partial charge in [-0.05, 0) is 30.9 Å². The Hall–Kier alpha value is -2.19. The van der Waals surface area contributed by atoms with Gasteiger partial charge in [-0.25, -0.2) is 13.2 Å². The summed E-state index contributed by atoms with van der Waals surface area (Å²) in [5.41, 5.74) is 1.25. The van der Waals surface area contributed by atoms with Gasteiger partial charge in [0.2, 0.25) is 5.91 Å². The van der Waals surface area contributed by atoms with Crippen molar-refractivity contribution >= 4 is 38.1 Å². The molecule has 0 unspecified atom stereocenters. The van der Waals surface area contributed by atoms with Crippen LogP contribution in [0.15, 0.2) is 36.4 Å². The largest absolute Gasteiger partial charge is 0.462 e. The van der Waals surface area contributed by atoms with E-state index in [1.165, 1.54) is 11.3 Å². The number of nitrogens with one attached hydrogen (secondary N) is 1. The predicted molar refractivity (Wildman–Crippen MR) is 106 cm³/mol. The molecular formula is C19H21NO5S2. The number of carbonyl (C=O) groups is 2. The van der Waals surface area contributed by atoms with Gasteiger partial charge in [-0.1, -0.05) is 30.3 Å². The average molecular weight is 408 g/mol. The van der Waals surface area contributed by atoms with Crippen molar-refractivity contribution in [3.63, 3.8) is 0 Å². The molecule has 3 rings (SSSR count). The van der Waals surface area contributed by atoms with Gasteiger partial charge in [-0.2, -0.15) is 0 Å². The van der Waals surface area contributed by atoms with E-state index in [-0.39, 0.29) is 36.4 Å². The number of anilines is 1. The molecule has 1 fully saturated rings. The minimum atomic E-state index is -3.03. The summed E-state index contributed by atoms with van der Waals surface area (Å²) in [5, 5.41) is 3.21. The first-order valence-electron chi connectivity index (χ1n) is 8.74. The highest BCUT2D eigenvalue weighted by Crippen LogP contribution is 2.36. The molecule has 1 aliphatic rings. The molecule has 1 saturated heterocycles. The third kappa shape index (κ3) is 4.95. The number of sulfone groups is 1. The molecule has 6 nitrogen and oxygen atoms in total. The van der Waals surface area contributed by atoms with Crippen molar-refractivity contribution in [2.24, 2.45) is 5.92 Å². The Labute approximate surface area is 162 Å². The van der Waals surface area contributed by atoms with Crippen LogP contribution in [0.3, 0.4) is 0 Å². The van der Waals surface area contributed by atoms with Crippen molar-refractivity contribution in [3.05, 3.63) is 42.0 Å². The molecule has 27 heavy (non-hydrogen) atoms. The van der Waals surface area contributed by atoms with Gasteiger partial charge < -0.3 is 10.1 Å². The highest BCUT2D eigenvalue weighted by molar-refractivity contribution is 7.91. The molecular weight excluding hydrogens is 386 g/mol. The topological polar surface area (TPSA) is 89.5 Å². The number of thiophene rings is 1. The summed E-state index contributed by atoms with van der Waals surface area (Å²) in [6, 6.07) is 11.3. The van der Waals surface area contributed by atoms with Crippen LogP contribution in [0.4, 0.5) is 5.00 Å². The van der Waals surface area contributed by atoms with Gasteiger partial charge in [-0.15, -0.1) is 11.3 Å². The smallest absolute Gasteiger partial charge is 0.341 e. The Bertz CT molecular complexity index is 934. The molecule has 0 aliphatic carbocycles. The maximum atomic E-state index is 12.4. The fourth-order valence-corrected chi connectivity index (χ4v) is 5.99. The van der Waals surface area contributed by atoms with E-state index in [2.05, 4.69) is 5.32 Å². The Morgan fingerprint density at radius 2 is 2.00 bits per heavy atom. The summed E-state index contributed by atoms with van der Waals surface area (Å²) in [7, 11) is -3.03. The van der Waals surface area contributed by atoms with Gasteiger partial charge in [0, 0.05) is 11.3 Å². The lowest BCUT2D eigenvalue weighted by Gasteiger charge is -2.09. The number of carbonyl (C=O) groups excluding carboxylic acids is 2. The Morgan fingerprint density at radius 3 is 2.63 bits per heavy atom. The van der Waals surface area contributed by atoms with Crippen LogP contribution < -0.4 is 5.32 Å². The van der Waals surface area contributed by atoms with Crippen LogP contribution in [0.2, 0.25) is 0 Å². The second-order valence-corrected chi connectivity index (χ2v) is 9.74. The summed E-state index contributed by atoms with van der Waals surface area (Å²) < 4.78 is 28.2.